The zero-order chi connectivity index (χ0) is 19.8. The van der Waals surface area contributed by atoms with Gasteiger partial charge in [0.15, 0.2) is 0 Å². The first-order valence-corrected chi connectivity index (χ1v) is 10.2. The third-order valence-electron chi connectivity index (χ3n) is 4.47. The summed E-state index contributed by atoms with van der Waals surface area (Å²) in [5, 5.41) is 5.47. The van der Waals surface area contributed by atoms with Crippen LogP contribution in [0.3, 0.4) is 0 Å². The van der Waals surface area contributed by atoms with E-state index in [0.29, 0.717) is 29.2 Å². The molecule has 2 N–H and O–H groups in total. The van der Waals surface area contributed by atoms with Gasteiger partial charge in [0.25, 0.3) is 0 Å². The molecule has 0 atom stereocenters. The second-order valence-corrected chi connectivity index (χ2v) is 8.47. The highest BCUT2D eigenvalue weighted by Gasteiger charge is 2.26. The maximum absolute atomic E-state index is 13.9. The van der Waals surface area contributed by atoms with Crippen LogP contribution in [0.2, 0.25) is 5.02 Å². The lowest BCUT2D eigenvalue weighted by atomic mass is 10.2. The summed E-state index contributed by atoms with van der Waals surface area (Å²) < 4.78 is 36.9. The topological polar surface area (TPSA) is 83.7 Å². The molecule has 0 aromatic heterocycles. The molecule has 0 unspecified atom stereocenters. The van der Waals surface area contributed by atoms with E-state index in [0.717, 1.165) is 5.56 Å². The molecule has 0 spiro atoms. The third kappa shape index (κ3) is 4.30. The second-order valence-electron chi connectivity index (χ2n) is 6.50. The van der Waals surface area contributed by atoms with Crippen LogP contribution in [0.15, 0.2) is 41.3 Å². The number of hydrogen-bond acceptors (Lipinski definition) is 4. The molecule has 6 nitrogen and oxygen atoms in total. The van der Waals surface area contributed by atoms with Gasteiger partial charge in [-0.3, -0.25) is 9.69 Å². The molecule has 1 aliphatic heterocycles. The lowest BCUT2D eigenvalue weighted by Gasteiger charge is -2.22. The van der Waals surface area contributed by atoms with Crippen molar-refractivity contribution in [2.24, 2.45) is 5.14 Å². The lowest BCUT2D eigenvalue weighted by molar-refractivity contribution is -0.119. The number of amides is 1. The Labute approximate surface area is 162 Å². The number of rotatable bonds is 5. The molecule has 9 heteroatoms. The van der Waals surface area contributed by atoms with Crippen LogP contribution in [-0.2, 0) is 27.8 Å². The number of likely N-dealkylation sites (N-methyl/N-ethyl adjacent to an activating group) is 1. The van der Waals surface area contributed by atoms with Crippen LogP contribution in [-0.4, -0.2) is 39.4 Å². The average Bonchev–Trinajstić information content (AvgIpc) is 3.01. The van der Waals surface area contributed by atoms with Crippen LogP contribution >= 0.6 is 11.6 Å². The largest absolute Gasteiger partial charge is 0.311 e. The predicted molar refractivity (Wildman–Crippen MR) is 102 cm³/mol. The van der Waals surface area contributed by atoms with E-state index in [-0.39, 0.29) is 23.9 Å². The minimum atomic E-state index is -3.78. The predicted octanol–water partition coefficient (Wildman–Crippen LogP) is 2.15. The van der Waals surface area contributed by atoms with Crippen molar-refractivity contribution < 1.29 is 17.6 Å². The molecular formula is C18H19ClFN3O3S. The monoisotopic (exact) mass is 411 g/mol. The number of nitrogens with two attached hydrogens (primary N) is 1. The van der Waals surface area contributed by atoms with E-state index < -0.39 is 15.8 Å². The number of primary sulfonamides is 1. The fraction of sp³-hybridized carbons (Fsp3) is 0.278. The van der Waals surface area contributed by atoms with Gasteiger partial charge in [0.1, 0.15) is 5.82 Å². The Morgan fingerprint density at radius 1 is 1.33 bits per heavy atom. The SMILES string of the molecule is CN(CC(=O)N1CCc2cc(S(N)(=O)=O)ccc21)Cc1c(F)cccc1Cl. The van der Waals surface area contributed by atoms with Gasteiger partial charge in [-0.25, -0.2) is 17.9 Å². The van der Waals surface area contributed by atoms with E-state index in [1.165, 1.54) is 24.3 Å². The van der Waals surface area contributed by atoms with Crippen LogP contribution in [0, 0.1) is 5.82 Å². The minimum Gasteiger partial charge on any atom is -0.311 e. The first-order chi connectivity index (χ1) is 12.7. The number of carbonyl (C=O) groups excluding carboxylic acids is 1. The van der Waals surface area contributed by atoms with Crippen molar-refractivity contribution in [3.8, 4) is 0 Å². The van der Waals surface area contributed by atoms with Crippen molar-refractivity contribution in [3.63, 3.8) is 0 Å². The van der Waals surface area contributed by atoms with Crippen molar-refractivity contribution in [3.05, 3.63) is 58.4 Å². The Hall–Kier alpha value is -2.00. The molecule has 3 rings (SSSR count). The normalized spacial score (nSPS) is 13.9. The standard InChI is InChI=1S/C18H19ClFN3O3S/c1-22(10-14-15(19)3-2-4-16(14)20)11-18(24)23-8-7-12-9-13(27(21,25)26)5-6-17(12)23/h2-6,9H,7-8,10-11H2,1H3,(H2,21,25,26). The molecule has 1 heterocycles. The lowest BCUT2D eigenvalue weighted by Crippen LogP contribution is -2.38. The quantitative estimate of drug-likeness (QED) is 0.817. The van der Waals surface area contributed by atoms with Gasteiger partial charge in [-0.15, -0.1) is 0 Å². The van der Waals surface area contributed by atoms with Crippen LogP contribution in [0.4, 0.5) is 10.1 Å². The highest BCUT2D eigenvalue weighted by molar-refractivity contribution is 7.89. The van der Waals surface area contributed by atoms with Crippen LogP contribution in [0.1, 0.15) is 11.1 Å². The van der Waals surface area contributed by atoms with Gasteiger partial charge in [-0.2, -0.15) is 0 Å². The zero-order valence-electron chi connectivity index (χ0n) is 14.7. The van der Waals surface area contributed by atoms with Crippen molar-refractivity contribution in [1.29, 1.82) is 0 Å². The first kappa shape index (κ1) is 19.8. The molecule has 0 saturated carbocycles. The van der Waals surface area contributed by atoms with Gasteiger partial charge < -0.3 is 4.90 Å². The van der Waals surface area contributed by atoms with Gasteiger partial charge in [0.2, 0.25) is 15.9 Å². The molecule has 1 aliphatic rings. The van der Waals surface area contributed by atoms with E-state index >= 15 is 0 Å². The molecule has 27 heavy (non-hydrogen) atoms. The molecular weight excluding hydrogens is 393 g/mol. The van der Waals surface area contributed by atoms with E-state index in [4.69, 9.17) is 16.7 Å². The highest BCUT2D eigenvalue weighted by Crippen LogP contribution is 2.30. The number of halogens is 2. The van der Waals surface area contributed by atoms with Crippen molar-refractivity contribution in [2.75, 3.05) is 25.0 Å². The Morgan fingerprint density at radius 3 is 2.74 bits per heavy atom. The molecule has 2 aromatic rings. The Morgan fingerprint density at radius 2 is 2.07 bits per heavy atom. The molecule has 2 aromatic carbocycles. The summed E-state index contributed by atoms with van der Waals surface area (Å²) in [6.45, 7) is 0.722. The smallest absolute Gasteiger partial charge is 0.241 e. The van der Waals surface area contributed by atoms with E-state index in [2.05, 4.69) is 0 Å². The van der Waals surface area contributed by atoms with Crippen LogP contribution in [0.25, 0.3) is 0 Å². The molecule has 0 bridgehead atoms. The van der Waals surface area contributed by atoms with E-state index in [1.54, 1.807) is 29.0 Å². The summed E-state index contributed by atoms with van der Waals surface area (Å²) in [6.07, 6.45) is 0.549. The number of sulfonamides is 1. The van der Waals surface area contributed by atoms with Gasteiger partial charge in [-0.05, 0) is 49.4 Å². The van der Waals surface area contributed by atoms with Crippen molar-refractivity contribution in [2.45, 2.75) is 17.9 Å². The molecule has 1 amide bonds. The summed E-state index contributed by atoms with van der Waals surface area (Å²) in [6, 6.07) is 8.95. The van der Waals surface area contributed by atoms with Crippen LogP contribution < -0.4 is 10.0 Å². The summed E-state index contributed by atoms with van der Waals surface area (Å²) in [7, 11) is -2.07. The zero-order valence-corrected chi connectivity index (χ0v) is 16.2. The Balaban J connectivity index is 1.71. The number of carbonyl (C=O) groups is 1. The maximum Gasteiger partial charge on any atom is 0.241 e. The van der Waals surface area contributed by atoms with E-state index in [9.17, 15) is 17.6 Å². The third-order valence-corrected chi connectivity index (χ3v) is 5.74. The Kier molecular flexibility index (Phi) is 5.53. The van der Waals surface area contributed by atoms with Gasteiger partial charge in [0.05, 0.1) is 11.4 Å². The summed E-state index contributed by atoms with van der Waals surface area (Å²) in [4.78, 5) is 16.0. The molecule has 144 valence electrons. The van der Waals surface area contributed by atoms with Crippen molar-refractivity contribution in [1.82, 2.24) is 4.90 Å². The summed E-state index contributed by atoms with van der Waals surface area (Å²) in [5.41, 5.74) is 1.77. The van der Waals surface area contributed by atoms with Gasteiger partial charge in [-0.1, -0.05) is 17.7 Å². The number of hydrogen-bond donors (Lipinski definition) is 1. The maximum atomic E-state index is 13.9. The fourth-order valence-corrected chi connectivity index (χ4v) is 3.93. The number of nitrogens with zero attached hydrogens (tertiary/aromatic N) is 2. The number of benzene rings is 2. The minimum absolute atomic E-state index is 0.0295. The molecule has 0 fully saturated rings. The van der Waals surface area contributed by atoms with E-state index in [1.807, 2.05) is 0 Å². The van der Waals surface area contributed by atoms with Gasteiger partial charge in [0, 0.05) is 29.4 Å². The second kappa shape index (κ2) is 7.55. The number of fused-ring (bicyclic) bond motifs is 1. The van der Waals surface area contributed by atoms with Crippen LogP contribution in [0.5, 0.6) is 0 Å². The molecule has 0 radical (unpaired) electrons. The summed E-state index contributed by atoms with van der Waals surface area (Å²) in [5.74, 6) is -0.573. The van der Waals surface area contributed by atoms with Crippen molar-refractivity contribution >= 4 is 33.2 Å². The first-order valence-electron chi connectivity index (χ1n) is 8.24. The number of anilines is 1. The molecule has 0 saturated heterocycles. The summed E-state index contributed by atoms with van der Waals surface area (Å²) >= 11 is 6.03. The average molecular weight is 412 g/mol. The fourth-order valence-electron chi connectivity index (χ4n) is 3.14. The highest BCUT2D eigenvalue weighted by atomic mass is 35.5. The van der Waals surface area contributed by atoms with Gasteiger partial charge >= 0.3 is 0 Å². The molecule has 0 aliphatic carbocycles. The Bertz CT molecular complexity index is 977.